The standard InChI is InChI=1S/C17H24N4OS/c1-2-21-13-15(10-19-21)12-20-7-3-5-14(11-20)9-18-17(22)16-6-4-8-23-16/h4,6,8,10,13-14H,2-3,5,7,9,11-12H2,1H3,(H,18,22). The van der Waals surface area contributed by atoms with Crippen LogP contribution in [0.15, 0.2) is 29.9 Å². The second-order valence-electron chi connectivity index (χ2n) is 6.13. The molecule has 0 saturated carbocycles. The summed E-state index contributed by atoms with van der Waals surface area (Å²) in [6.07, 6.45) is 6.48. The third kappa shape index (κ3) is 4.42. The third-order valence-electron chi connectivity index (χ3n) is 4.32. The molecule has 3 rings (SSSR count). The second kappa shape index (κ2) is 7.75. The van der Waals surface area contributed by atoms with Crippen LogP contribution in [0, 0.1) is 5.92 Å². The molecule has 1 N–H and O–H groups in total. The van der Waals surface area contributed by atoms with E-state index in [2.05, 4.69) is 28.4 Å². The number of piperidine rings is 1. The van der Waals surface area contributed by atoms with Gasteiger partial charge in [0.2, 0.25) is 0 Å². The van der Waals surface area contributed by atoms with Crippen molar-refractivity contribution >= 4 is 17.2 Å². The molecule has 5 nitrogen and oxygen atoms in total. The number of carbonyl (C=O) groups is 1. The van der Waals surface area contributed by atoms with Gasteiger partial charge in [-0.2, -0.15) is 5.10 Å². The molecule has 0 bridgehead atoms. The molecule has 1 unspecified atom stereocenters. The summed E-state index contributed by atoms with van der Waals surface area (Å²) >= 11 is 1.49. The Labute approximate surface area is 141 Å². The predicted molar refractivity (Wildman–Crippen MR) is 92.6 cm³/mol. The molecule has 0 aliphatic carbocycles. The quantitative estimate of drug-likeness (QED) is 0.885. The molecule has 1 fully saturated rings. The van der Waals surface area contributed by atoms with E-state index in [4.69, 9.17) is 0 Å². The normalized spacial score (nSPS) is 18.9. The molecule has 6 heteroatoms. The molecule has 1 amide bonds. The first-order chi connectivity index (χ1) is 11.2. The Morgan fingerprint density at radius 1 is 1.52 bits per heavy atom. The summed E-state index contributed by atoms with van der Waals surface area (Å²) in [6.45, 7) is 6.91. The van der Waals surface area contributed by atoms with E-state index in [0.29, 0.717) is 5.92 Å². The molecular formula is C17H24N4OS. The number of aryl methyl sites for hydroxylation is 1. The van der Waals surface area contributed by atoms with Gasteiger partial charge in [0.05, 0.1) is 11.1 Å². The zero-order valence-electron chi connectivity index (χ0n) is 13.6. The summed E-state index contributed by atoms with van der Waals surface area (Å²) < 4.78 is 1.97. The maximum Gasteiger partial charge on any atom is 0.261 e. The molecule has 0 aromatic carbocycles. The highest BCUT2D eigenvalue weighted by Gasteiger charge is 2.21. The fourth-order valence-corrected chi connectivity index (χ4v) is 3.75. The van der Waals surface area contributed by atoms with Crippen molar-refractivity contribution in [3.05, 3.63) is 40.3 Å². The summed E-state index contributed by atoms with van der Waals surface area (Å²) in [5.41, 5.74) is 1.27. The van der Waals surface area contributed by atoms with Gasteiger partial charge in [0, 0.05) is 37.9 Å². The largest absolute Gasteiger partial charge is 0.351 e. The zero-order valence-corrected chi connectivity index (χ0v) is 14.4. The number of hydrogen-bond donors (Lipinski definition) is 1. The van der Waals surface area contributed by atoms with Crippen molar-refractivity contribution in [1.82, 2.24) is 20.0 Å². The molecule has 2 aromatic heterocycles. The average molecular weight is 332 g/mol. The van der Waals surface area contributed by atoms with Crippen LogP contribution in [0.4, 0.5) is 0 Å². The van der Waals surface area contributed by atoms with E-state index in [1.165, 1.54) is 29.7 Å². The van der Waals surface area contributed by atoms with E-state index in [1.807, 2.05) is 28.4 Å². The van der Waals surface area contributed by atoms with E-state index < -0.39 is 0 Å². The van der Waals surface area contributed by atoms with E-state index in [0.717, 1.165) is 37.6 Å². The number of amides is 1. The average Bonchev–Trinajstić information content (AvgIpc) is 3.24. The minimum atomic E-state index is 0.0568. The maximum atomic E-state index is 12.0. The van der Waals surface area contributed by atoms with Gasteiger partial charge in [-0.1, -0.05) is 6.07 Å². The van der Waals surface area contributed by atoms with Gasteiger partial charge >= 0.3 is 0 Å². The Kier molecular flexibility index (Phi) is 5.46. The van der Waals surface area contributed by atoms with Crippen molar-refractivity contribution in [2.45, 2.75) is 32.9 Å². The zero-order chi connectivity index (χ0) is 16.1. The highest BCUT2D eigenvalue weighted by Crippen LogP contribution is 2.18. The first-order valence-electron chi connectivity index (χ1n) is 8.30. The molecule has 1 atom stereocenters. The van der Waals surface area contributed by atoms with Crippen LogP contribution in [0.25, 0.3) is 0 Å². The number of hydrogen-bond acceptors (Lipinski definition) is 4. The summed E-state index contributed by atoms with van der Waals surface area (Å²) in [5, 5.41) is 9.36. The monoisotopic (exact) mass is 332 g/mol. The van der Waals surface area contributed by atoms with Gasteiger partial charge in [0.15, 0.2) is 0 Å². The summed E-state index contributed by atoms with van der Waals surface area (Å²) in [4.78, 5) is 15.3. The van der Waals surface area contributed by atoms with E-state index in [9.17, 15) is 4.79 Å². The van der Waals surface area contributed by atoms with Crippen molar-refractivity contribution < 1.29 is 4.79 Å². The van der Waals surface area contributed by atoms with Crippen LogP contribution < -0.4 is 5.32 Å². The van der Waals surface area contributed by atoms with Crippen LogP contribution in [0.1, 0.15) is 35.0 Å². The molecule has 3 heterocycles. The topological polar surface area (TPSA) is 50.2 Å². The summed E-state index contributed by atoms with van der Waals surface area (Å²) in [7, 11) is 0. The smallest absolute Gasteiger partial charge is 0.261 e. The van der Waals surface area contributed by atoms with Crippen molar-refractivity contribution in [2.24, 2.45) is 5.92 Å². The number of thiophene rings is 1. The lowest BCUT2D eigenvalue weighted by Gasteiger charge is -2.32. The van der Waals surface area contributed by atoms with Crippen LogP contribution in [0.5, 0.6) is 0 Å². The molecule has 0 radical (unpaired) electrons. The van der Waals surface area contributed by atoms with Gasteiger partial charge in [-0.05, 0) is 43.7 Å². The predicted octanol–water partition coefficient (Wildman–Crippen LogP) is 2.61. The Hall–Kier alpha value is -1.66. The highest BCUT2D eigenvalue weighted by molar-refractivity contribution is 7.12. The Morgan fingerprint density at radius 3 is 3.17 bits per heavy atom. The number of nitrogens with zero attached hydrogens (tertiary/aromatic N) is 3. The van der Waals surface area contributed by atoms with Gasteiger partial charge in [-0.3, -0.25) is 14.4 Å². The Balaban J connectivity index is 1.47. The fraction of sp³-hybridized carbons (Fsp3) is 0.529. The lowest BCUT2D eigenvalue weighted by atomic mass is 9.97. The highest BCUT2D eigenvalue weighted by atomic mass is 32.1. The first-order valence-corrected chi connectivity index (χ1v) is 9.18. The molecular weight excluding hydrogens is 308 g/mol. The van der Waals surface area contributed by atoms with Crippen LogP contribution in [0.3, 0.4) is 0 Å². The minimum absolute atomic E-state index is 0.0568. The number of nitrogens with one attached hydrogen (secondary N) is 1. The van der Waals surface area contributed by atoms with Crippen LogP contribution in [0.2, 0.25) is 0 Å². The summed E-state index contributed by atoms with van der Waals surface area (Å²) in [6, 6.07) is 3.79. The Morgan fingerprint density at radius 2 is 2.43 bits per heavy atom. The maximum absolute atomic E-state index is 12.0. The minimum Gasteiger partial charge on any atom is -0.351 e. The van der Waals surface area contributed by atoms with Crippen molar-refractivity contribution in [3.63, 3.8) is 0 Å². The number of rotatable bonds is 6. The van der Waals surface area contributed by atoms with E-state index in [-0.39, 0.29) is 5.91 Å². The van der Waals surface area contributed by atoms with Crippen molar-refractivity contribution in [1.29, 1.82) is 0 Å². The molecule has 0 spiro atoms. The molecule has 1 aliphatic rings. The van der Waals surface area contributed by atoms with Crippen molar-refractivity contribution in [3.8, 4) is 0 Å². The van der Waals surface area contributed by atoms with Crippen molar-refractivity contribution in [2.75, 3.05) is 19.6 Å². The second-order valence-corrected chi connectivity index (χ2v) is 7.08. The Bertz CT molecular complexity index is 622. The van der Waals surface area contributed by atoms with Gasteiger partial charge in [-0.15, -0.1) is 11.3 Å². The van der Waals surface area contributed by atoms with E-state index >= 15 is 0 Å². The lowest BCUT2D eigenvalue weighted by molar-refractivity contribution is 0.0934. The van der Waals surface area contributed by atoms with Crippen LogP contribution >= 0.6 is 11.3 Å². The molecule has 1 aliphatic heterocycles. The first kappa shape index (κ1) is 16.2. The fourth-order valence-electron chi connectivity index (χ4n) is 3.11. The number of carbonyl (C=O) groups excluding carboxylic acids is 1. The number of aromatic nitrogens is 2. The molecule has 23 heavy (non-hydrogen) atoms. The van der Waals surface area contributed by atoms with Crippen LogP contribution in [-0.4, -0.2) is 40.2 Å². The van der Waals surface area contributed by atoms with Gasteiger partial charge in [0.1, 0.15) is 0 Å². The third-order valence-corrected chi connectivity index (χ3v) is 5.18. The van der Waals surface area contributed by atoms with Gasteiger partial charge in [0.25, 0.3) is 5.91 Å². The molecule has 124 valence electrons. The van der Waals surface area contributed by atoms with Gasteiger partial charge in [-0.25, -0.2) is 0 Å². The number of likely N-dealkylation sites (tertiary alicyclic amines) is 1. The van der Waals surface area contributed by atoms with Gasteiger partial charge < -0.3 is 5.32 Å². The lowest BCUT2D eigenvalue weighted by Crippen LogP contribution is -2.40. The van der Waals surface area contributed by atoms with Crippen LogP contribution in [-0.2, 0) is 13.1 Å². The summed E-state index contributed by atoms with van der Waals surface area (Å²) in [5.74, 6) is 0.593. The SMILES string of the molecule is CCn1cc(CN2CCCC(CNC(=O)c3cccs3)C2)cn1. The molecule has 2 aromatic rings. The van der Waals surface area contributed by atoms with E-state index in [1.54, 1.807) is 0 Å². The molecule has 1 saturated heterocycles.